The molecule has 0 radical (unpaired) electrons. The standard InChI is InChI=1S/C31H22F4N6O3/c32-15-31(6-7-31)16-41-27(38-25-3-4-26(29(42)43)39-28(25)41)12-20-22(34)10-19(11-23(20)35)24-5-8-37-30(40-24)44-14-18-2-1-17(13-36)9-21(18)33/h1-5,8-11H,6-7,12,14-16H2,(H,42,43). The van der Waals surface area contributed by atoms with Crippen LogP contribution in [0.2, 0.25) is 0 Å². The van der Waals surface area contributed by atoms with E-state index in [1.54, 1.807) is 4.57 Å². The average Bonchev–Trinajstić information content (AvgIpc) is 3.72. The van der Waals surface area contributed by atoms with Crippen LogP contribution in [0.15, 0.2) is 54.7 Å². The van der Waals surface area contributed by atoms with E-state index in [0.29, 0.717) is 18.4 Å². The number of pyridine rings is 1. The molecule has 1 aliphatic rings. The Balaban J connectivity index is 1.27. The van der Waals surface area contributed by atoms with Gasteiger partial charge in [-0.05, 0) is 55.3 Å². The largest absolute Gasteiger partial charge is 0.477 e. The zero-order valence-electron chi connectivity index (χ0n) is 22.9. The van der Waals surface area contributed by atoms with Gasteiger partial charge in [-0.25, -0.2) is 32.9 Å². The number of benzene rings is 2. The molecular weight excluding hydrogens is 580 g/mol. The van der Waals surface area contributed by atoms with Crippen LogP contribution in [-0.2, 0) is 19.6 Å². The van der Waals surface area contributed by atoms with Gasteiger partial charge in [0.2, 0.25) is 0 Å². The Morgan fingerprint density at radius 2 is 1.80 bits per heavy atom. The molecule has 0 amide bonds. The van der Waals surface area contributed by atoms with Crippen LogP contribution in [0.5, 0.6) is 6.01 Å². The second kappa shape index (κ2) is 11.4. The minimum absolute atomic E-state index is 0.0937. The van der Waals surface area contributed by atoms with E-state index in [2.05, 4.69) is 19.9 Å². The summed E-state index contributed by atoms with van der Waals surface area (Å²) in [6, 6.07) is 12.0. The van der Waals surface area contributed by atoms with Gasteiger partial charge in [0.05, 0.1) is 24.0 Å². The summed E-state index contributed by atoms with van der Waals surface area (Å²) in [5.41, 5.74) is -0.0834. The maximum atomic E-state index is 15.5. The number of carboxylic acids is 1. The minimum atomic E-state index is -1.25. The summed E-state index contributed by atoms with van der Waals surface area (Å²) in [5, 5.41) is 18.3. The van der Waals surface area contributed by atoms with Gasteiger partial charge in [-0.3, -0.25) is 4.39 Å². The van der Waals surface area contributed by atoms with E-state index < -0.39 is 35.5 Å². The third-order valence-electron chi connectivity index (χ3n) is 7.57. The Kier molecular flexibility index (Phi) is 7.42. The predicted molar refractivity (Wildman–Crippen MR) is 148 cm³/mol. The molecule has 9 nitrogen and oxygen atoms in total. The molecule has 0 bridgehead atoms. The molecule has 1 fully saturated rings. The number of carboxylic acid groups (broad SMARTS) is 1. The molecule has 222 valence electrons. The fraction of sp³-hybridized carbons (Fsp3) is 0.226. The van der Waals surface area contributed by atoms with E-state index >= 15 is 8.78 Å². The molecule has 0 spiro atoms. The number of ether oxygens (including phenoxy) is 1. The maximum Gasteiger partial charge on any atom is 0.354 e. The molecule has 44 heavy (non-hydrogen) atoms. The smallest absolute Gasteiger partial charge is 0.354 e. The highest BCUT2D eigenvalue weighted by atomic mass is 19.1. The topological polar surface area (TPSA) is 127 Å². The van der Waals surface area contributed by atoms with Crippen molar-refractivity contribution >= 4 is 17.1 Å². The normalized spacial score (nSPS) is 13.5. The summed E-state index contributed by atoms with van der Waals surface area (Å²) in [4.78, 5) is 28.3. The number of alkyl halides is 1. The highest BCUT2D eigenvalue weighted by Crippen LogP contribution is 2.48. The summed E-state index contributed by atoms with van der Waals surface area (Å²) < 4.78 is 66.0. The number of halogens is 4. The number of aromatic carboxylic acids is 1. The van der Waals surface area contributed by atoms with Crippen LogP contribution in [0, 0.1) is 34.2 Å². The number of carbonyl (C=O) groups is 1. The molecule has 0 saturated heterocycles. The quantitative estimate of drug-likeness (QED) is 0.199. The Morgan fingerprint density at radius 3 is 2.45 bits per heavy atom. The lowest BCUT2D eigenvalue weighted by molar-refractivity contribution is 0.0690. The summed E-state index contributed by atoms with van der Waals surface area (Å²) in [7, 11) is 0. The number of nitriles is 1. The van der Waals surface area contributed by atoms with Crippen molar-refractivity contribution in [2.75, 3.05) is 6.67 Å². The molecule has 1 N–H and O–H groups in total. The zero-order valence-corrected chi connectivity index (χ0v) is 22.9. The number of nitrogens with zero attached hydrogens (tertiary/aromatic N) is 6. The Labute approximate surface area is 247 Å². The molecule has 0 unspecified atom stereocenters. The first-order valence-electron chi connectivity index (χ1n) is 13.5. The van der Waals surface area contributed by atoms with E-state index in [-0.39, 0.29) is 70.7 Å². The van der Waals surface area contributed by atoms with E-state index in [1.165, 1.54) is 36.5 Å². The third-order valence-corrected chi connectivity index (χ3v) is 7.57. The number of rotatable bonds is 10. The molecular formula is C31H22F4N6O3. The predicted octanol–water partition coefficient (Wildman–Crippen LogP) is 5.79. The second-order valence-corrected chi connectivity index (χ2v) is 10.6. The van der Waals surface area contributed by atoms with Crippen molar-refractivity contribution in [1.29, 1.82) is 5.26 Å². The number of aromatic nitrogens is 5. The van der Waals surface area contributed by atoms with E-state index in [1.807, 2.05) is 6.07 Å². The van der Waals surface area contributed by atoms with Crippen molar-refractivity contribution in [3.63, 3.8) is 0 Å². The van der Waals surface area contributed by atoms with Crippen molar-refractivity contribution in [3.8, 4) is 23.3 Å². The Morgan fingerprint density at radius 1 is 1.02 bits per heavy atom. The first-order chi connectivity index (χ1) is 21.2. The molecule has 3 heterocycles. The van der Waals surface area contributed by atoms with Crippen molar-refractivity contribution in [3.05, 3.63) is 100 Å². The van der Waals surface area contributed by atoms with Gasteiger partial charge in [0.25, 0.3) is 0 Å². The number of fused-ring (bicyclic) bond motifs is 1. The summed E-state index contributed by atoms with van der Waals surface area (Å²) in [6.07, 6.45) is 2.26. The lowest BCUT2D eigenvalue weighted by Gasteiger charge is -2.15. The van der Waals surface area contributed by atoms with Crippen molar-refractivity contribution < 1.29 is 32.2 Å². The highest BCUT2D eigenvalue weighted by Gasteiger charge is 2.44. The third kappa shape index (κ3) is 5.66. The average molecular weight is 603 g/mol. The molecule has 13 heteroatoms. The van der Waals surface area contributed by atoms with Crippen molar-refractivity contribution in [1.82, 2.24) is 24.5 Å². The fourth-order valence-electron chi connectivity index (χ4n) is 4.84. The fourth-order valence-corrected chi connectivity index (χ4v) is 4.84. The number of hydrogen-bond donors (Lipinski definition) is 1. The first-order valence-corrected chi connectivity index (χ1v) is 13.5. The van der Waals surface area contributed by atoms with Gasteiger partial charge in [0.1, 0.15) is 35.4 Å². The van der Waals surface area contributed by atoms with Gasteiger partial charge < -0.3 is 14.4 Å². The van der Waals surface area contributed by atoms with Crippen molar-refractivity contribution in [2.24, 2.45) is 5.41 Å². The maximum absolute atomic E-state index is 15.5. The van der Waals surface area contributed by atoms with Gasteiger partial charge >= 0.3 is 12.0 Å². The molecule has 3 aromatic heterocycles. The number of imidazole rings is 1. The monoisotopic (exact) mass is 602 g/mol. The first kappa shape index (κ1) is 28.7. The van der Waals surface area contributed by atoms with E-state index in [9.17, 15) is 18.7 Å². The molecule has 5 aromatic rings. The van der Waals surface area contributed by atoms with Crippen LogP contribution in [0.25, 0.3) is 22.4 Å². The van der Waals surface area contributed by atoms with Crippen LogP contribution in [0.1, 0.15) is 45.8 Å². The van der Waals surface area contributed by atoms with Gasteiger partial charge in [-0.1, -0.05) is 6.07 Å². The Hall–Kier alpha value is -5.38. The molecule has 2 aromatic carbocycles. The molecule has 1 aliphatic carbocycles. The summed E-state index contributed by atoms with van der Waals surface area (Å²) >= 11 is 0. The zero-order chi connectivity index (χ0) is 31.0. The lowest BCUT2D eigenvalue weighted by atomic mass is 10.0. The van der Waals surface area contributed by atoms with Crippen LogP contribution in [-0.4, -0.2) is 42.3 Å². The molecule has 0 atom stereocenters. The van der Waals surface area contributed by atoms with Crippen molar-refractivity contribution in [2.45, 2.75) is 32.4 Å². The van der Waals surface area contributed by atoms with Gasteiger partial charge in [0, 0.05) is 41.3 Å². The minimum Gasteiger partial charge on any atom is -0.477 e. The van der Waals surface area contributed by atoms with Gasteiger partial charge in [-0.15, -0.1) is 0 Å². The molecule has 1 saturated carbocycles. The SMILES string of the molecule is N#Cc1ccc(COc2nccc(-c3cc(F)c(Cc4nc5ccc(C(=O)O)nc5n4CC4(CF)CC4)c(F)c3)n2)c(F)c1. The Bertz CT molecular complexity index is 1950. The van der Waals surface area contributed by atoms with E-state index in [0.717, 1.165) is 18.2 Å². The van der Waals surface area contributed by atoms with Crippen LogP contribution in [0.4, 0.5) is 17.6 Å². The number of hydrogen-bond acceptors (Lipinski definition) is 7. The molecule has 6 rings (SSSR count). The van der Waals surface area contributed by atoms with Crippen LogP contribution in [0.3, 0.4) is 0 Å². The van der Waals surface area contributed by atoms with Gasteiger partial charge in [0.15, 0.2) is 11.3 Å². The van der Waals surface area contributed by atoms with Crippen LogP contribution < -0.4 is 4.74 Å². The summed E-state index contributed by atoms with van der Waals surface area (Å²) in [6.45, 7) is -0.700. The highest BCUT2D eigenvalue weighted by molar-refractivity contribution is 5.88. The lowest BCUT2D eigenvalue weighted by Crippen LogP contribution is -2.17. The van der Waals surface area contributed by atoms with Gasteiger partial charge in [-0.2, -0.15) is 10.2 Å². The van der Waals surface area contributed by atoms with E-state index in [4.69, 9.17) is 10.00 Å². The second-order valence-electron chi connectivity index (χ2n) is 10.6. The van der Waals surface area contributed by atoms with Crippen LogP contribution >= 0.6 is 0 Å². The molecule has 0 aliphatic heterocycles. The summed E-state index contributed by atoms with van der Waals surface area (Å²) in [5.74, 6) is -3.44.